The molecular weight excluding hydrogens is 1620 g/mol. The molecule has 16 aromatic carbocycles. The minimum atomic E-state index is -1.01. The van der Waals surface area contributed by atoms with E-state index in [0.29, 0.717) is 51.7 Å². The molecule has 0 spiro atoms. The summed E-state index contributed by atoms with van der Waals surface area (Å²) in [6.07, 6.45) is 0. The number of aromatic nitrogens is 6. The first-order valence-corrected chi connectivity index (χ1v) is 42.2. The lowest BCUT2D eigenvalue weighted by atomic mass is 9.63. The van der Waals surface area contributed by atoms with Crippen LogP contribution in [0.3, 0.4) is 0 Å². The van der Waals surface area contributed by atoms with Gasteiger partial charge >= 0.3 is 0 Å². The van der Waals surface area contributed by atoms with E-state index in [2.05, 4.69) is 263 Å². The summed E-state index contributed by atoms with van der Waals surface area (Å²) in [5, 5.41) is 27.5. The number of para-hydroxylation sites is 4. The normalized spacial score (nSPS) is 12.3. The minimum Gasteiger partial charge on any atom is -0.457 e. The third-order valence-electron chi connectivity index (χ3n) is 23.1. The van der Waals surface area contributed by atoms with E-state index in [1.807, 2.05) is 152 Å². The fourth-order valence-electron chi connectivity index (χ4n) is 15.9. The quantitative estimate of drug-likeness (QED) is 0.0786. The van der Waals surface area contributed by atoms with Crippen molar-refractivity contribution in [2.24, 2.45) is 0 Å². The Labute approximate surface area is 751 Å². The number of hydrogen-bond donors (Lipinski definition) is 2. The van der Waals surface area contributed by atoms with Crippen LogP contribution in [-0.2, 0) is 10.8 Å². The molecule has 20 rings (SSSR count). The summed E-state index contributed by atoms with van der Waals surface area (Å²) >= 11 is 3.48. The standard InChI is InChI=1S/C53H34N4O.C28H17BrN4.C25H17BO.C6H14O2.CH4/c54-35-36-23-25-41(26-24-36)51-55-50(40-13-4-1-5-14-40)56-52(57-51)42-33-29-38(30-34-42)37-27-31-39(32-28-37)45-19-12-21-47-49(45)58-48-22-11-10-20-46(48)53(47,43-15-6-2-7-16-43)44-17-8-3-9-18-44;1-30-25-17-13-23(14-18-25)28-32-26(21-5-3-2-4-6-21)31-27(33-28)22-9-7-19(8-10-22)20-11-15-24(29)16-12-20;26-22-16-9-15-21-24(22)27-23-17-8-7-14-20(23)25(21,18-10-3-1-4-11-18)19-12-5-2-6-13-19;1-5(2,7)6(3,4)8;/h1-34H;2-18H;1-17H;7-8H,1-4H3;1H4. The number of aliphatic hydroxyl groups is 2. The number of fused-ring (bicyclic) bond motifs is 4. The molecule has 12 nitrogen and oxygen atoms in total. The second kappa shape index (κ2) is 37.3. The molecular formula is C113H86BBrN8O4. The molecule has 0 saturated carbocycles. The molecule has 0 amide bonds. The van der Waals surface area contributed by atoms with Gasteiger partial charge in [-0.25, -0.2) is 34.7 Å². The number of nitriles is 1. The van der Waals surface area contributed by atoms with Gasteiger partial charge in [-0.2, -0.15) is 5.26 Å². The van der Waals surface area contributed by atoms with Gasteiger partial charge in [0.25, 0.3) is 0 Å². The summed E-state index contributed by atoms with van der Waals surface area (Å²) < 4.78 is 14.2. The number of nitrogens with zero attached hydrogens (tertiary/aromatic N) is 8. The SMILES string of the molecule is C.CC(C)(O)C(C)(C)O.N#Cc1ccc(-c2nc(-c3ccccc3)nc(-c3ccc(-c4ccc(-c5cccc6c5Oc5ccccc5C6(c5ccccc5)c5ccccc5)cc4)cc3)n2)cc1.[B]c1cccc2c1Oc1ccccc1C2(c1ccccc1)c1ccccc1.[C-]#[N+]c1ccc(-c2nc(-c3ccccc3)nc(-c3ccc(-c4ccc(Br)cc4)cc3)n2)cc1. The van der Waals surface area contributed by atoms with Crippen LogP contribution in [0.1, 0.15) is 85.2 Å². The topological polar surface area (TPSA) is 164 Å². The molecule has 127 heavy (non-hydrogen) atoms. The molecule has 2 aromatic heterocycles. The Morgan fingerprint density at radius 1 is 0.315 bits per heavy atom. The van der Waals surface area contributed by atoms with E-state index in [0.717, 1.165) is 116 Å². The maximum absolute atomic E-state index is 9.32. The molecule has 2 aliphatic rings. The molecule has 0 saturated heterocycles. The van der Waals surface area contributed by atoms with E-state index in [1.165, 1.54) is 22.3 Å². The first-order valence-electron chi connectivity index (χ1n) is 41.4. The van der Waals surface area contributed by atoms with Crippen molar-refractivity contribution in [2.45, 2.75) is 57.2 Å². The Morgan fingerprint density at radius 3 is 0.929 bits per heavy atom. The number of halogens is 1. The molecule has 2 radical (unpaired) electrons. The van der Waals surface area contributed by atoms with Crippen molar-refractivity contribution in [3.05, 3.63) is 478 Å². The van der Waals surface area contributed by atoms with Crippen LogP contribution in [0.5, 0.6) is 23.0 Å². The maximum atomic E-state index is 9.32. The molecule has 0 unspecified atom stereocenters. The van der Waals surface area contributed by atoms with Crippen LogP contribution >= 0.6 is 15.9 Å². The van der Waals surface area contributed by atoms with Crippen molar-refractivity contribution in [2.75, 3.05) is 0 Å². The molecule has 0 bridgehead atoms. The Hall–Kier alpha value is -15.4. The predicted molar refractivity (Wildman–Crippen MR) is 515 cm³/mol. The zero-order chi connectivity index (χ0) is 86.8. The van der Waals surface area contributed by atoms with Gasteiger partial charge in [0.05, 0.1) is 40.2 Å². The summed E-state index contributed by atoms with van der Waals surface area (Å²) in [7, 11) is 6.35. The smallest absolute Gasteiger partial charge is 0.187 e. The molecule has 18 aromatic rings. The highest BCUT2D eigenvalue weighted by Crippen LogP contribution is 2.58. The van der Waals surface area contributed by atoms with Gasteiger partial charge in [-0.15, -0.1) is 0 Å². The van der Waals surface area contributed by atoms with Gasteiger partial charge in [0.15, 0.2) is 40.6 Å². The Kier molecular flexibility index (Phi) is 25.0. The molecule has 2 N–H and O–H groups in total. The van der Waals surface area contributed by atoms with Crippen molar-refractivity contribution >= 4 is 34.9 Å². The van der Waals surface area contributed by atoms with Gasteiger partial charge < -0.3 is 19.7 Å². The van der Waals surface area contributed by atoms with Gasteiger partial charge in [-0.05, 0) is 126 Å². The van der Waals surface area contributed by atoms with Crippen molar-refractivity contribution in [1.82, 2.24) is 29.9 Å². The van der Waals surface area contributed by atoms with Gasteiger partial charge in [0, 0.05) is 65.7 Å². The van der Waals surface area contributed by atoms with Gasteiger partial charge in [-0.1, -0.05) is 393 Å². The van der Waals surface area contributed by atoms with E-state index < -0.39 is 22.0 Å². The molecule has 0 atom stereocenters. The summed E-state index contributed by atoms with van der Waals surface area (Å²) in [5.74, 6) is 6.80. The lowest BCUT2D eigenvalue weighted by molar-refractivity contribution is -0.107. The van der Waals surface area contributed by atoms with Crippen LogP contribution in [0.25, 0.3) is 107 Å². The van der Waals surface area contributed by atoms with E-state index in [4.69, 9.17) is 64.0 Å². The third-order valence-corrected chi connectivity index (χ3v) is 23.6. The number of ether oxygens (including phenoxy) is 2. The fourth-order valence-corrected chi connectivity index (χ4v) is 16.2. The maximum Gasteiger partial charge on any atom is 0.187 e. The van der Waals surface area contributed by atoms with Crippen molar-refractivity contribution < 1.29 is 19.7 Å². The van der Waals surface area contributed by atoms with Gasteiger partial charge in [-0.3, -0.25) is 0 Å². The van der Waals surface area contributed by atoms with Crippen LogP contribution in [0.4, 0.5) is 5.69 Å². The van der Waals surface area contributed by atoms with Crippen molar-refractivity contribution in [3.8, 4) is 131 Å². The second-order valence-corrected chi connectivity index (χ2v) is 32.5. The van der Waals surface area contributed by atoms with Crippen LogP contribution in [0.15, 0.2) is 417 Å². The average molecular weight is 1710 g/mol. The summed E-state index contributed by atoms with van der Waals surface area (Å²) in [6, 6.07) is 142. The molecule has 0 fully saturated rings. The molecule has 4 heterocycles. The second-order valence-electron chi connectivity index (χ2n) is 31.6. The summed E-state index contributed by atoms with van der Waals surface area (Å²) in [6.45, 7) is 13.5. The minimum absolute atomic E-state index is 0. The molecule has 14 heteroatoms. The highest BCUT2D eigenvalue weighted by atomic mass is 79.9. The highest BCUT2D eigenvalue weighted by Gasteiger charge is 2.47. The van der Waals surface area contributed by atoms with Crippen LogP contribution < -0.4 is 14.9 Å². The Bertz CT molecular complexity index is 6870. The Morgan fingerprint density at radius 2 is 0.583 bits per heavy atom. The number of rotatable bonds is 14. The van der Waals surface area contributed by atoms with E-state index >= 15 is 0 Å². The van der Waals surface area contributed by atoms with Crippen molar-refractivity contribution in [1.29, 1.82) is 5.26 Å². The predicted octanol–water partition coefficient (Wildman–Crippen LogP) is 26.6. The zero-order valence-corrected chi connectivity index (χ0v) is 71.1. The monoisotopic (exact) mass is 1710 g/mol. The Balaban J connectivity index is 0.000000145. The summed E-state index contributed by atoms with van der Waals surface area (Å²) in [5.41, 5.74) is 19.7. The average Bonchev–Trinajstić information content (AvgIpc) is 0.708. The lowest BCUT2D eigenvalue weighted by Gasteiger charge is -2.42. The zero-order valence-electron chi connectivity index (χ0n) is 69.5. The molecule has 2 aliphatic heterocycles. The molecule has 612 valence electrons. The van der Waals surface area contributed by atoms with Crippen LogP contribution in [0, 0.1) is 17.9 Å². The number of benzene rings is 16. The first kappa shape index (κ1) is 85.2. The fraction of sp³-hybridized carbons (Fsp3) is 0.0796. The van der Waals surface area contributed by atoms with Crippen LogP contribution in [0.2, 0.25) is 0 Å². The molecule has 0 aliphatic carbocycles. The van der Waals surface area contributed by atoms with Crippen LogP contribution in [-0.4, -0.2) is 59.2 Å². The highest BCUT2D eigenvalue weighted by molar-refractivity contribution is 9.10. The van der Waals surface area contributed by atoms with E-state index in [1.54, 1.807) is 52.0 Å². The first-order chi connectivity index (χ1) is 61.4. The van der Waals surface area contributed by atoms with Gasteiger partial charge in [0.2, 0.25) is 0 Å². The van der Waals surface area contributed by atoms with Gasteiger partial charge in [0.1, 0.15) is 30.8 Å². The number of hydrogen-bond acceptors (Lipinski definition) is 11. The van der Waals surface area contributed by atoms with Crippen molar-refractivity contribution in [3.63, 3.8) is 0 Å². The van der Waals surface area contributed by atoms with E-state index in [-0.39, 0.29) is 7.43 Å². The lowest BCUT2D eigenvalue weighted by Crippen LogP contribution is -2.44. The largest absolute Gasteiger partial charge is 0.457 e. The third kappa shape index (κ3) is 17.7. The summed E-state index contributed by atoms with van der Waals surface area (Å²) in [4.78, 5) is 32.3. The van der Waals surface area contributed by atoms with E-state index in [9.17, 15) is 5.26 Å².